The lowest BCUT2D eigenvalue weighted by molar-refractivity contribution is -0.116. The smallest absolute Gasteiger partial charge is 0.287 e. The van der Waals surface area contributed by atoms with Gasteiger partial charge in [0.1, 0.15) is 18.2 Å². The zero-order valence-electron chi connectivity index (χ0n) is 15.5. The number of carbonyl (C=O) groups is 2. The van der Waals surface area contributed by atoms with Crippen LogP contribution in [0, 0.1) is 6.92 Å². The summed E-state index contributed by atoms with van der Waals surface area (Å²) < 4.78 is 10.9. The molecule has 3 rings (SSSR count). The van der Waals surface area contributed by atoms with Crippen molar-refractivity contribution in [1.82, 2.24) is 10.3 Å². The molecule has 2 amide bonds. The lowest BCUT2D eigenvalue weighted by atomic mass is 10.2. The standard InChI is InChI=1S/C21H21N3O4/c1-15-6-5-9-18(23-15)24-19(25)10-12-22-21(26)20-16(11-13-27-20)14-28-17-7-3-2-4-8-17/h2-9,11,13H,10,12,14H2,1H3,(H,22,26)(H,23,24,25). The maximum absolute atomic E-state index is 12.3. The molecule has 3 aromatic rings. The molecule has 2 N–H and O–H groups in total. The van der Waals surface area contributed by atoms with E-state index >= 15 is 0 Å². The van der Waals surface area contributed by atoms with Crippen LogP contribution in [0.3, 0.4) is 0 Å². The fourth-order valence-electron chi connectivity index (χ4n) is 2.51. The molecule has 2 aromatic heterocycles. The zero-order chi connectivity index (χ0) is 19.8. The van der Waals surface area contributed by atoms with Crippen LogP contribution >= 0.6 is 0 Å². The number of aryl methyl sites for hydroxylation is 1. The van der Waals surface area contributed by atoms with Gasteiger partial charge in [-0.25, -0.2) is 4.98 Å². The van der Waals surface area contributed by atoms with Crippen LogP contribution in [0.1, 0.15) is 28.2 Å². The fourth-order valence-corrected chi connectivity index (χ4v) is 2.51. The first-order valence-corrected chi connectivity index (χ1v) is 8.88. The minimum Gasteiger partial charge on any atom is -0.489 e. The first kappa shape index (κ1) is 19.2. The molecule has 144 valence electrons. The lowest BCUT2D eigenvalue weighted by Crippen LogP contribution is -2.28. The molecule has 0 aliphatic carbocycles. The molecule has 2 heterocycles. The first-order chi connectivity index (χ1) is 13.6. The van der Waals surface area contributed by atoms with Gasteiger partial charge in [0.25, 0.3) is 5.91 Å². The summed E-state index contributed by atoms with van der Waals surface area (Å²) in [5, 5.41) is 5.38. The largest absolute Gasteiger partial charge is 0.489 e. The second-order valence-corrected chi connectivity index (χ2v) is 6.09. The molecule has 0 unspecified atom stereocenters. The van der Waals surface area contributed by atoms with Crippen molar-refractivity contribution in [3.05, 3.63) is 77.9 Å². The molecule has 0 aliphatic heterocycles. The Morgan fingerprint density at radius 2 is 1.89 bits per heavy atom. The van der Waals surface area contributed by atoms with E-state index in [2.05, 4.69) is 15.6 Å². The van der Waals surface area contributed by atoms with Crippen molar-refractivity contribution in [3.8, 4) is 5.75 Å². The lowest BCUT2D eigenvalue weighted by Gasteiger charge is -2.08. The van der Waals surface area contributed by atoms with Gasteiger partial charge in [0.05, 0.1) is 6.26 Å². The van der Waals surface area contributed by atoms with E-state index in [-0.39, 0.29) is 31.2 Å². The van der Waals surface area contributed by atoms with Gasteiger partial charge in [-0.05, 0) is 37.3 Å². The summed E-state index contributed by atoms with van der Waals surface area (Å²) >= 11 is 0. The number of aromatic nitrogens is 1. The highest BCUT2D eigenvalue weighted by molar-refractivity contribution is 5.94. The number of benzene rings is 1. The Bertz CT molecular complexity index is 938. The number of ether oxygens (including phenoxy) is 1. The average molecular weight is 379 g/mol. The number of para-hydroxylation sites is 1. The number of furan rings is 1. The van der Waals surface area contributed by atoms with Gasteiger partial charge in [0, 0.05) is 24.2 Å². The van der Waals surface area contributed by atoms with E-state index in [9.17, 15) is 9.59 Å². The van der Waals surface area contributed by atoms with E-state index in [1.54, 1.807) is 12.1 Å². The van der Waals surface area contributed by atoms with E-state index < -0.39 is 5.91 Å². The van der Waals surface area contributed by atoms with Crippen molar-refractivity contribution >= 4 is 17.6 Å². The van der Waals surface area contributed by atoms with Gasteiger partial charge >= 0.3 is 0 Å². The molecule has 7 nitrogen and oxygen atoms in total. The van der Waals surface area contributed by atoms with Gasteiger partial charge < -0.3 is 19.8 Å². The zero-order valence-corrected chi connectivity index (χ0v) is 15.5. The molecule has 0 fully saturated rings. The van der Waals surface area contributed by atoms with Crippen LogP contribution in [-0.4, -0.2) is 23.3 Å². The van der Waals surface area contributed by atoms with Crippen LogP contribution in [0.25, 0.3) is 0 Å². The first-order valence-electron chi connectivity index (χ1n) is 8.88. The quantitative estimate of drug-likeness (QED) is 0.626. The van der Waals surface area contributed by atoms with Gasteiger partial charge in [-0.1, -0.05) is 24.3 Å². The monoisotopic (exact) mass is 379 g/mol. The molecule has 0 bridgehead atoms. The van der Waals surface area contributed by atoms with Crippen LogP contribution in [-0.2, 0) is 11.4 Å². The Labute approximate surface area is 162 Å². The van der Waals surface area contributed by atoms with E-state index in [1.807, 2.05) is 49.4 Å². The normalized spacial score (nSPS) is 10.3. The number of carbonyl (C=O) groups excluding carboxylic acids is 2. The maximum Gasteiger partial charge on any atom is 0.287 e. The molecule has 0 atom stereocenters. The van der Waals surface area contributed by atoms with Crippen molar-refractivity contribution in [1.29, 1.82) is 0 Å². The third-order valence-electron chi connectivity index (χ3n) is 3.88. The molecule has 0 radical (unpaired) electrons. The predicted molar refractivity (Wildman–Crippen MR) is 104 cm³/mol. The maximum atomic E-state index is 12.3. The Morgan fingerprint density at radius 1 is 1.07 bits per heavy atom. The highest BCUT2D eigenvalue weighted by Crippen LogP contribution is 2.15. The van der Waals surface area contributed by atoms with Crippen molar-refractivity contribution in [2.45, 2.75) is 20.0 Å². The van der Waals surface area contributed by atoms with Crippen LogP contribution in [0.15, 0.2) is 65.3 Å². The van der Waals surface area contributed by atoms with E-state index in [4.69, 9.17) is 9.15 Å². The summed E-state index contributed by atoms with van der Waals surface area (Å²) in [6, 6.07) is 16.4. The fraction of sp³-hybridized carbons (Fsp3) is 0.190. The summed E-state index contributed by atoms with van der Waals surface area (Å²) in [6.07, 6.45) is 1.56. The summed E-state index contributed by atoms with van der Waals surface area (Å²) in [5.41, 5.74) is 1.45. The topological polar surface area (TPSA) is 93.5 Å². The van der Waals surface area contributed by atoms with Crippen LogP contribution in [0.5, 0.6) is 5.75 Å². The van der Waals surface area contributed by atoms with E-state index in [1.165, 1.54) is 6.26 Å². The number of pyridine rings is 1. The van der Waals surface area contributed by atoms with Crippen molar-refractivity contribution < 1.29 is 18.7 Å². The molecule has 0 aliphatic rings. The molecule has 28 heavy (non-hydrogen) atoms. The molecule has 0 saturated carbocycles. The van der Waals surface area contributed by atoms with Gasteiger partial charge in [-0.2, -0.15) is 0 Å². The predicted octanol–water partition coefficient (Wildman–Crippen LogP) is 3.32. The van der Waals surface area contributed by atoms with E-state index in [0.717, 1.165) is 5.69 Å². The third-order valence-corrected chi connectivity index (χ3v) is 3.88. The SMILES string of the molecule is Cc1cccc(NC(=O)CCNC(=O)c2occc2COc2ccccc2)n1. The van der Waals surface area contributed by atoms with Gasteiger partial charge in [0.2, 0.25) is 5.91 Å². The summed E-state index contributed by atoms with van der Waals surface area (Å²) in [5.74, 6) is 0.750. The molecule has 0 spiro atoms. The number of anilines is 1. The van der Waals surface area contributed by atoms with Crippen molar-refractivity contribution in [2.75, 3.05) is 11.9 Å². The van der Waals surface area contributed by atoms with E-state index in [0.29, 0.717) is 17.1 Å². The minimum atomic E-state index is -0.391. The molecular formula is C21H21N3O4. The number of amides is 2. The molecule has 1 aromatic carbocycles. The van der Waals surface area contributed by atoms with Crippen LogP contribution < -0.4 is 15.4 Å². The Kier molecular flexibility index (Phi) is 6.41. The molecular weight excluding hydrogens is 358 g/mol. The summed E-state index contributed by atoms with van der Waals surface area (Å²) in [7, 11) is 0. The highest BCUT2D eigenvalue weighted by Gasteiger charge is 2.16. The van der Waals surface area contributed by atoms with Gasteiger partial charge in [-0.3, -0.25) is 9.59 Å². The molecule has 0 saturated heterocycles. The van der Waals surface area contributed by atoms with Crippen LogP contribution in [0.4, 0.5) is 5.82 Å². The number of nitrogens with zero attached hydrogens (tertiary/aromatic N) is 1. The number of hydrogen-bond acceptors (Lipinski definition) is 5. The van der Waals surface area contributed by atoms with Crippen LogP contribution in [0.2, 0.25) is 0 Å². The minimum absolute atomic E-state index is 0.123. The van der Waals surface area contributed by atoms with Gasteiger partial charge in [0.15, 0.2) is 5.76 Å². The third kappa shape index (κ3) is 5.44. The summed E-state index contributed by atoms with van der Waals surface area (Å²) in [6.45, 7) is 2.23. The van der Waals surface area contributed by atoms with Crippen molar-refractivity contribution in [3.63, 3.8) is 0 Å². The molecule has 7 heteroatoms. The Morgan fingerprint density at radius 3 is 2.68 bits per heavy atom. The second kappa shape index (κ2) is 9.36. The van der Waals surface area contributed by atoms with Gasteiger partial charge in [-0.15, -0.1) is 0 Å². The number of rotatable bonds is 8. The Hall–Kier alpha value is -3.61. The highest BCUT2D eigenvalue weighted by atomic mass is 16.5. The van der Waals surface area contributed by atoms with Crippen molar-refractivity contribution in [2.24, 2.45) is 0 Å². The number of nitrogens with one attached hydrogen (secondary N) is 2. The summed E-state index contributed by atoms with van der Waals surface area (Å²) in [4.78, 5) is 28.5. The Balaban J connectivity index is 1.46. The average Bonchev–Trinajstić information content (AvgIpc) is 3.16. The second-order valence-electron chi connectivity index (χ2n) is 6.09. The number of hydrogen-bond donors (Lipinski definition) is 2.